The van der Waals surface area contributed by atoms with E-state index in [4.69, 9.17) is 32.7 Å². The van der Waals surface area contributed by atoms with Crippen LogP contribution in [0.3, 0.4) is 0 Å². The number of ether oxygens (including phenoxy) is 2. The van der Waals surface area contributed by atoms with Gasteiger partial charge in [-0.3, -0.25) is 9.59 Å². The monoisotopic (exact) mass is 572 g/mol. The predicted octanol–water partition coefficient (Wildman–Crippen LogP) is 5.36. The van der Waals surface area contributed by atoms with Gasteiger partial charge in [0.15, 0.2) is 5.60 Å². The smallest absolute Gasteiger partial charge is 0.206 e. The van der Waals surface area contributed by atoms with E-state index >= 15 is 0 Å². The number of Topliss-reactive ketones (excluding diaryl/α,β-unsaturated/α-hetero) is 2. The standard InChI is InChI=1S/C29H26Cl2O8/c1-11-21(17(34)10-19(39-5)24(11)30)13-8-18(38-4)25(31)14-9-20-28(2,3)15-6-12(32)7-16(33)23(15)27(36)29(20,37)26(35)22(13)14/h6-8,10,20,32-34,37H,9H2,1-5H3. The summed E-state index contributed by atoms with van der Waals surface area (Å²) in [5.74, 6) is -3.56. The second kappa shape index (κ2) is 8.78. The number of phenolic OH excluding ortho intramolecular Hbond substituents is 3. The normalized spacial score (nSPS) is 21.2. The molecule has 0 fully saturated rings. The molecule has 0 saturated carbocycles. The van der Waals surface area contributed by atoms with Crippen molar-refractivity contribution in [1.82, 2.24) is 0 Å². The Kier molecular flexibility index (Phi) is 6.10. The minimum absolute atomic E-state index is 0.0289. The molecular formula is C29H26Cl2O8. The summed E-state index contributed by atoms with van der Waals surface area (Å²) in [4.78, 5) is 28.3. The Bertz CT molecular complexity index is 1610. The quantitative estimate of drug-likeness (QED) is 0.308. The zero-order chi connectivity index (χ0) is 28.8. The third kappa shape index (κ3) is 3.48. The molecule has 3 aromatic carbocycles. The molecule has 5 rings (SSSR count). The summed E-state index contributed by atoms with van der Waals surface area (Å²) in [6.45, 7) is 5.08. The minimum atomic E-state index is -2.58. The number of hydrogen-bond donors (Lipinski definition) is 4. The second-order valence-corrected chi connectivity index (χ2v) is 11.3. The molecule has 8 nitrogen and oxygen atoms in total. The van der Waals surface area contributed by atoms with Crippen molar-refractivity contribution in [3.05, 3.63) is 62.1 Å². The summed E-state index contributed by atoms with van der Waals surface area (Å²) in [7, 11) is 2.80. The van der Waals surface area contributed by atoms with Crippen LogP contribution in [0.5, 0.6) is 28.7 Å². The molecule has 3 aromatic rings. The SMILES string of the molecule is COc1cc(O)c(-c2cc(OC)c(Cl)c3c2C(=O)C2(O)C(=O)c4c(O)cc(O)cc4C(C)(C)C2C3)c(C)c1Cl. The third-order valence-corrected chi connectivity index (χ3v) is 9.09. The summed E-state index contributed by atoms with van der Waals surface area (Å²) >= 11 is 13.2. The van der Waals surface area contributed by atoms with E-state index in [1.165, 1.54) is 32.4 Å². The number of benzene rings is 3. The first-order chi connectivity index (χ1) is 18.2. The van der Waals surface area contributed by atoms with Crippen molar-refractivity contribution in [3.63, 3.8) is 0 Å². The lowest BCUT2D eigenvalue weighted by Crippen LogP contribution is -2.64. The summed E-state index contributed by atoms with van der Waals surface area (Å²) in [6, 6.07) is 5.10. The van der Waals surface area contributed by atoms with Gasteiger partial charge < -0.3 is 29.9 Å². The van der Waals surface area contributed by atoms with E-state index in [9.17, 15) is 30.0 Å². The maximum Gasteiger partial charge on any atom is 0.206 e. The van der Waals surface area contributed by atoms with Gasteiger partial charge in [-0.1, -0.05) is 37.0 Å². The molecule has 0 aromatic heterocycles. The van der Waals surface area contributed by atoms with Gasteiger partial charge in [0.2, 0.25) is 11.6 Å². The highest BCUT2D eigenvalue weighted by Gasteiger charge is 2.64. The van der Waals surface area contributed by atoms with Crippen LogP contribution in [0.4, 0.5) is 0 Å². The molecule has 0 radical (unpaired) electrons. The zero-order valence-corrected chi connectivity index (χ0v) is 23.3. The highest BCUT2D eigenvalue weighted by Crippen LogP contribution is 2.57. The number of halogens is 2. The molecule has 39 heavy (non-hydrogen) atoms. The van der Waals surface area contributed by atoms with Gasteiger partial charge in [-0.25, -0.2) is 0 Å². The molecular weight excluding hydrogens is 547 g/mol. The van der Waals surface area contributed by atoms with Crippen LogP contribution in [0.1, 0.15) is 51.3 Å². The first-order valence-electron chi connectivity index (χ1n) is 12.1. The largest absolute Gasteiger partial charge is 0.508 e. The van der Waals surface area contributed by atoms with Crippen molar-refractivity contribution in [3.8, 4) is 39.9 Å². The Morgan fingerprint density at radius 2 is 1.41 bits per heavy atom. The molecule has 2 unspecified atom stereocenters. The van der Waals surface area contributed by atoms with Crippen molar-refractivity contribution < 1.29 is 39.5 Å². The highest BCUT2D eigenvalue weighted by atomic mass is 35.5. The van der Waals surface area contributed by atoms with Crippen molar-refractivity contribution in [2.24, 2.45) is 5.92 Å². The fourth-order valence-corrected chi connectivity index (χ4v) is 6.73. The maximum atomic E-state index is 14.4. The van der Waals surface area contributed by atoms with Gasteiger partial charge in [-0.2, -0.15) is 0 Å². The average Bonchev–Trinajstić information content (AvgIpc) is 2.87. The lowest BCUT2D eigenvalue weighted by atomic mass is 9.52. The molecule has 2 aliphatic rings. The van der Waals surface area contributed by atoms with Crippen LogP contribution in [0.2, 0.25) is 10.0 Å². The molecule has 4 N–H and O–H groups in total. The van der Waals surface area contributed by atoms with Gasteiger partial charge in [-0.05, 0) is 47.6 Å². The Hall–Kier alpha value is -3.46. The number of fused-ring (bicyclic) bond motifs is 3. The van der Waals surface area contributed by atoms with E-state index in [0.717, 1.165) is 6.07 Å². The molecule has 0 spiro atoms. The second-order valence-electron chi connectivity index (χ2n) is 10.5. The number of carbonyl (C=O) groups is 2. The fourth-order valence-electron chi connectivity index (χ4n) is 6.20. The number of aliphatic hydroxyl groups is 1. The first kappa shape index (κ1) is 27.1. The number of rotatable bonds is 3. The van der Waals surface area contributed by atoms with Gasteiger partial charge in [0.25, 0.3) is 0 Å². The van der Waals surface area contributed by atoms with E-state index in [1.807, 2.05) is 0 Å². The van der Waals surface area contributed by atoms with E-state index in [2.05, 4.69) is 0 Å². The summed E-state index contributed by atoms with van der Waals surface area (Å²) in [5.41, 5.74) is -2.61. The number of hydrogen-bond acceptors (Lipinski definition) is 8. The number of aromatic hydroxyl groups is 3. The molecule has 0 aliphatic heterocycles. The Morgan fingerprint density at radius 1 is 0.846 bits per heavy atom. The number of methoxy groups -OCH3 is 2. The predicted molar refractivity (Wildman–Crippen MR) is 145 cm³/mol. The molecule has 0 heterocycles. The van der Waals surface area contributed by atoms with Crippen LogP contribution in [-0.2, 0) is 11.8 Å². The van der Waals surface area contributed by atoms with Gasteiger partial charge in [0.05, 0.1) is 29.8 Å². The third-order valence-electron chi connectivity index (χ3n) is 8.21. The minimum Gasteiger partial charge on any atom is -0.508 e. The van der Waals surface area contributed by atoms with Crippen LogP contribution < -0.4 is 9.47 Å². The Labute approximate surface area is 234 Å². The van der Waals surface area contributed by atoms with Crippen LogP contribution in [0, 0.1) is 12.8 Å². The van der Waals surface area contributed by atoms with Crippen LogP contribution in [0.25, 0.3) is 11.1 Å². The Balaban J connectivity index is 1.86. The molecule has 2 atom stereocenters. The summed E-state index contributed by atoms with van der Waals surface area (Å²) < 4.78 is 10.7. The molecule has 10 heteroatoms. The van der Waals surface area contributed by atoms with E-state index in [1.54, 1.807) is 20.8 Å². The fraction of sp³-hybridized carbons (Fsp3) is 0.310. The number of carbonyl (C=O) groups excluding carboxylic acids is 2. The Morgan fingerprint density at radius 3 is 2.03 bits per heavy atom. The van der Waals surface area contributed by atoms with E-state index < -0.39 is 34.2 Å². The zero-order valence-electron chi connectivity index (χ0n) is 21.8. The van der Waals surface area contributed by atoms with Gasteiger partial charge in [-0.15, -0.1) is 0 Å². The lowest BCUT2D eigenvalue weighted by Gasteiger charge is -2.51. The lowest BCUT2D eigenvalue weighted by molar-refractivity contribution is -0.0202. The molecule has 0 saturated heterocycles. The maximum absolute atomic E-state index is 14.4. The van der Waals surface area contributed by atoms with Gasteiger partial charge in [0, 0.05) is 34.7 Å². The van der Waals surface area contributed by atoms with Gasteiger partial charge >= 0.3 is 0 Å². The van der Waals surface area contributed by atoms with Crippen LogP contribution in [-0.4, -0.2) is 51.8 Å². The topological polar surface area (TPSA) is 134 Å². The van der Waals surface area contributed by atoms with Crippen LogP contribution in [0.15, 0.2) is 24.3 Å². The molecule has 2 aliphatic carbocycles. The van der Waals surface area contributed by atoms with E-state index in [0.29, 0.717) is 16.7 Å². The van der Waals surface area contributed by atoms with Gasteiger partial charge in [0.1, 0.15) is 28.7 Å². The number of ketones is 2. The van der Waals surface area contributed by atoms with Crippen molar-refractivity contribution in [2.75, 3.05) is 14.2 Å². The average molecular weight is 573 g/mol. The molecule has 204 valence electrons. The first-order valence-corrected chi connectivity index (χ1v) is 12.8. The van der Waals surface area contributed by atoms with Crippen molar-refractivity contribution in [1.29, 1.82) is 0 Å². The molecule has 0 bridgehead atoms. The van der Waals surface area contributed by atoms with Crippen LogP contribution >= 0.6 is 23.2 Å². The summed E-state index contributed by atoms with van der Waals surface area (Å²) in [5, 5.41) is 44.2. The summed E-state index contributed by atoms with van der Waals surface area (Å²) in [6.07, 6.45) is -0.0289. The van der Waals surface area contributed by atoms with Crippen molar-refractivity contribution >= 4 is 34.8 Å². The number of phenols is 3. The highest BCUT2D eigenvalue weighted by molar-refractivity contribution is 6.36. The molecule has 0 amide bonds. The van der Waals surface area contributed by atoms with Crippen molar-refractivity contribution in [2.45, 2.75) is 38.2 Å². The van der Waals surface area contributed by atoms with E-state index in [-0.39, 0.29) is 61.7 Å².